The second kappa shape index (κ2) is 7.19. The van der Waals surface area contributed by atoms with Crippen molar-refractivity contribution in [1.29, 1.82) is 0 Å². The van der Waals surface area contributed by atoms with E-state index in [-0.39, 0.29) is 6.10 Å². The van der Waals surface area contributed by atoms with Crippen LogP contribution in [0.5, 0.6) is 0 Å². The maximum Gasteiger partial charge on any atom is 0.0843 e. The first-order valence-corrected chi connectivity index (χ1v) is 9.61. The van der Waals surface area contributed by atoms with Gasteiger partial charge >= 0.3 is 0 Å². The van der Waals surface area contributed by atoms with E-state index >= 15 is 0 Å². The molecule has 0 saturated heterocycles. The molecule has 3 unspecified atom stereocenters. The Bertz CT molecular complexity index is 800. The van der Waals surface area contributed by atoms with Crippen molar-refractivity contribution in [2.45, 2.75) is 51.3 Å². The van der Waals surface area contributed by atoms with E-state index in [4.69, 9.17) is 0 Å². The summed E-state index contributed by atoms with van der Waals surface area (Å²) in [6.45, 7) is 3.62. The Hall–Kier alpha value is -1.84. The lowest BCUT2D eigenvalue weighted by Crippen LogP contribution is -2.42. The van der Waals surface area contributed by atoms with E-state index in [1.165, 1.54) is 47.5 Å². The first kappa shape index (κ1) is 16.6. The van der Waals surface area contributed by atoms with Crippen LogP contribution in [0.2, 0.25) is 0 Å². The Morgan fingerprint density at radius 1 is 1.00 bits per heavy atom. The minimum absolute atomic E-state index is 0.381. The molecule has 3 aromatic rings. The highest BCUT2D eigenvalue weighted by molar-refractivity contribution is 6.07. The molecule has 2 aromatic carbocycles. The van der Waals surface area contributed by atoms with E-state index < -0.39 is 0 Å². The summed E-state index contributed by atoms with van der Waals surface area (Å²) in [5.74, 6) is 0.717. The molecule has 0 bridgehead atoms. The molecule has 4 rings (SSSR count). The van der Waals surface area contributed by atoms with Crippen LogP contribution in [0.1, 0.15) is 32.6 Å². The molecule has 3 nitrogen and oxygen atoms in total. The summed E-state index contributed by atoms with van der Waals surface area (Å²) < 4.78 is 2.27. The predicted molar refractivity (Wildman–Crippen MR) is 105 cm³/mol. The van der Waals surface area contributed by atoms with Crippen molar-refractivity contribution in [1.82, 2.24) is 9.88 Å². The van der Waals surface area contributed by atoms with E-state index in [1.54, 1.807) is 0 Å². The molecule has 0 radical (unpaired) electrons. The molecular weight excluding hydrogens is 308 g/mol. The summed E-state index contributed by atoms with van der Waals surface area (Å²) in [7, 11) is 0. The smallest absolute Gasteiger partial charge is 0.0843 e. The van der Waals surface area contributed by atoms with Gasteiger partial charge in [-0.15, -0.1) is 0 Å². The highest BCUT2D eigenvalue weighted by Crippen LogP contribution is 2.29. The predicted octanol–water partition coefficient (Wildman–Crippen LogP) is 4.32. The third-order valence-electron chi connectivity index (χ3n) is 5.80. The van der Waals surface area contributed by atoms with Gasteiger partial charge in [-0.3, -0.25) is 0 Å². The fourth-order valence-corrected chi connectivity index (χ4v) is 4.38. The van der Waals surface area contributed by atoms with Gasteiger partial charge in [-0.1, -0.05) is 56.2 Å². The largest absolute Gasteiger partial charge is 0.390 e. The molecule has 25 heavy (non-hydrogen) atoms. The van der Waals surface area contributed by atoms with Crippen molar-refractivity contribution >= 4 is 21.8 Å². The Labute approximate surface area is 149 Å². The van der Waals surface area contributed by atoms with Crippen LogP contribution < -0.4 is 5.32 Å². The van der Waals surface area contributed by atoms with Crippen LogP contribution in [-0.2, 0) is 6.54 Å². The average Bonchev–Trinajstić information content (AvgIpc) is 2.96. The van der Waals surface area contributed by atoms with Crippen molar-refractivity contribution in [2.24, 2.45) is 5.92 Å². The van der Waals surface area contributed by atoms with Crippen molar-refractivity contribution in [3.63, 3.8) is 0 Å². The van der Waals surface area contributed by atoms with Gasteiger partial charge in [0, 0.05) is 34.4 Å². The van der Waals surface area contributed by atoms with Crippen LogP contribution in [0.15, 0.2) is 48.5 Å². The molecule has 0 spiro atoms. The van der Waals surface area contributed by atoms with Crippen LogP contribution >= 0.6 is 0 Å². The number of aliphatic hydroxyl groups is 1. The molecule has 3 atom stereocenters. The van der Waals surface area contributed by atoms with Gasteiger partial charge in [0.2, 0.25) is 0 Å². The van der Waals surface area contributed by atoms with Gasteiger partial charge < -0.3 is 15.0 Å². The molecule has 1 aliphatic rings. The van der Waals surface area contributed by atoms with Crippen LogP contribution in [0.4, 0.5) is 0 Å². The van der Waals surface area contributed by atoms with E-state index in [9.17, 15) is 5.11 Å². The second-order valence-corrected chi connectivity index (χ2v) is 7.58. The minimum atomic E-state index is -0.381. The Kier molecular flexibility index (Phi) is 4.78. The number of nitrogens with one attached hydrogen (secondary N) is 1. The Morgan fingerprint density at radius 2 is 1.60 bits per heavy atom. The third-order valence-corrected chi connectivity index (χ3v) is 5.80. The van der Waals surface area contributed by atoms with E-state index in [1.807, 2.05) is 0 Å². The van der Waals surface area contributed by atoms with Crippen molar-refractivity contribution in [3.8, 4) is 0 Å². The van der Waals surface area contributed by atoms with Gasteiger partial charge in [0.25, 0.3) is 0 Å². The zero-order valence-corrected chi connectivity index (χ0v) is 15.0. The fraction of sp³-hybridized carbons (Fsp3) is 0.455. The number of hydrogen-bond donors (Lipinski definition) is 2. The number of rotatable bonds is 5. The quantitative estimate of drug-likeness (QED) is 0.728. The molecule has 2 N–H and O–H groups in total. The van der Waals surface area contributed by atoms with E-state index in [0.717, 1.165) is 0 Å². The lowest BCUT2D eigenvalue weighted by Gasteiger charge is -2.30. The molecule has 1 aromatic heterocycles. The Balaban J connectivity index is 1.53. The molecule has 132 valence electrons. The van der Waals surface area contributed by atoms with Crippen LogP contribution in [-0.4, -0.2) is 28.4 Å². The SMILES string of the molecule is CC1CCCCC1NCC(O)Cn1c2ccccc2c2ccccc21. The van der Waals surface area contributed by atoms with Gasteiger partial charge in [0.05, 0.1) is 12.6 Å². The number of fused-ring (bicyclic) bond motifs is 3. The van der Waals surface area contributed by atoms with Crippen LogP contribution in [0.3, 0.4) is 0 Å². The zero-order valence-electron chi connectivity index (χ0n) is 15.0. The topological polar surface area (TPSA) is 37.2 Å². The lowest BCUT2D eigenvalue weighted by atomic mass is 9.86. The lowest BCUT2D eigenvalue weighted by molar-refractivity contribution is 0.140. The summed E-state index contributed by atoms with van der Waals surface area (Å²) >= 11 is 0. The Morgan fingerprint density at radius 3 is 2.24 bits per heavy atom. The molecule has 1 aliphatic carbocycles. The van der Waals surface area contributed by atoms with Crippen LogP contribution in [0, 0.1) is 5.92 Å². The molecule has 1 fully saturated rings. The first-order valence-electron chi connectivity index (χ1n) is 9.61. The number of aliphatic hydroxyl groups excluding tert-OH is 1. The average molecular weight is 336 g/mol. The van der Waals surface area contributed by atoms with E-state index in [2.05, 4.69) is 65.3 Å². The van der Waals surface area contributed by atoms with Gasteiger partial charge in [-0.25, -0.2) is 0 Å². The highest BCUT2D eigenvalue weighted by Gasteiger charge is 2.21. The molecule has 0 aliphatic heterocycles. The maximum absolute atomic E-state index is 10.7. The van der Waals surface area contributed by atoms with Gasteiger partial charge in [0.15, 0.2) is 0 Å². The maximum atomic E-state index is 10.7. The summed E-state index contributed by atoms with van der Waals surface area (Å²) in [6.07, 6.45) is 4.83. The summed E-state index contributed by atoms with van der Waals surface area (Å²) in [6, 6.07) is 17.5. The van der Waals surface area contributed by atoms with Crippen molar-refractivity contribution < 1.29 is 5.11 Å². The van der Waals surface area contributed by atoms with Crippen LogP contribution in [0.25, 0.3) is 21.8 Å². The summed E-state index contributed by atoms with van der Waals surface area (Å²) in [5.41, 5.74) is 2.41. The number of hydrogen-bond acceptors (Lipinski definition) is 2. The summed E-state index contributed by atoms with van der Waals surface area (Å²) in [5, 5.41) is 16.8. The van der Waals surface area contributed by atoms with Gasteiger partial charge in [-0.2, -0.15) is 0 Å². The normalized spacial score (nSPS) is 22.5. The minimum Gasteiger partial charge on any atom is -0.390 e. The number of aromatic nitrogens is 1. The summed E-state index contributed by atoms with van der Waals surface area (Å²) in [4.78, 5) is 0. The van der Waals surface area contributed by atoms with Gasteiger partial charge in [-0.05, 0) is 30.9 Å². The number of para-hydroxylation sites is 2. The number of benzene rings is 2. The molecule has 0 amide bonds. The highest BCUT2D eigenvalue weighted by atomic mass is 16.3. The molecule has 1 saturated carbocycles. The monoisotopic (exact) mass is 336 g/mol. The second-order valence-electron chi connectivity index (χ2n) is 7.58. The van der Waals surface area contributed by atoms with Crippen molar-refractivity contribution in [2.75, 3.05) is 6.54 Å². The molecular formula is C22H28N2O. The standard InChI is InChI=1S/C22H28N2O/c1-16-8-2-5-11-20(16)23-14-17(25)15-24-21-12-6-3-9-18(21)19-10-4-7-13-22(19)24/h3-4,6-7,9-10,12-13,16-17,20,23,25H,2,5,8,11,14-15H2,1H3. The molecule has 3 heteroatoms. The van der Waals surface area contributed by atoms with Crippen molar-refractivity contribution in [3.05, 3.63) is 48.5 Å². The third kappa shape index (κ3) is 3.31. The molecule has 1 heterocycles. The van der Waals surface area contributed by atoms with E-state index in [0.29, 0.717) is 25.0 Å². The fourth-order valence-electron chi connectivity index (χ4n) is 4.38. The van der Waals surface area contributed by atoms with Gasteiger partial charge in [0.1, 0.15) is 0 Å². The first-order chi connectivity index (χ1) is 12.2. The number of nitrogens with zero attached hydrogens (tertiary/aromatic N) is 1. The zero-order chi connectivity index (χ0) is 17.2.